The third-order valence-corrected chi connectivity index (χ3v) is 4.52. The van der Waals surface area contributed by atoms with Gasteiger partial charge in [-0.05, 0) is 18.6 Å². The standard InChI is InChI=1S/C18H23N7/c1-13(2)18-20-17-9-8-14(11-25(17)22-18)19-10-15-12-24(23-21-15)16-6-4-3-5-7-16/h3-7,12-14,19H,8-11H2,1-2H3/t14-/m0/s1. The second-order valence-corrected chi connectivity index (χ2v) is 6.83. The van der Waals surface area contributed by atoms with Gasteiger partial charge in [-0.3, -0.25) is 0 Å². The lowest BCUT2D eigenvalue weighted by molar-refractivity contribution is 0.356. The average Bonchev–Trinajstić information content (AvgIpc) is 3.27. The summed E-state index contributed by atoms with van der Waals surface area (Å²) in [4.78, 5) is 4.64. The van der Waals surface area contributed by atoms with Crippen molar-refractivity contribution in [3.63, 3.8) is 0 Å². The summed E-state index contributed by atoms with van der Waals surface area (Å²) in [6.07, 6.45) is 4.01. The van der Waals surface area contributed by atoms with Crippen LogP contribution in [0.2, 0.25) is 0 Å². The van der Waals surface area contributed by atoms with Gasteiger partial charge in [0.25, 0.3) is 0 Å². The van der Waals surface area contributed by atoms with Crippen molar-refractivity contribution in [3.05, 3.63) is 53.9 Å². The van der Waals surface area contributed by atoms with Crippen LogP contribution in [-0.2, 0) is 19.5 Å². The van der Waals surface area contributed by atoms with E-state index in [-0.39, 0.29) is 0 Å². The molecule has 0 saturated carbocycles. The van der Waals surface area contributed by atoms with Crippen LogP contribution in [-0.4, -0.2) is 35.8 Å². The third kappa shape index (κ3) is 3.46. The zero-order valence-corrected chi connectivity index (χ0v) is 14.6. The minimum atomic E-state index is 0.373. The molecule has 3 aromatic rings. The number of fused-ring (bicyclic) bond motifs is 1. The van der Waals surface area contributed by atoms with E-state index in [9.17, 15) is 0 Å². The molecule has 0 unspecified atom stereocenters. The highest BCUT2D eigenvalue weighted by molar-refractivity contribution is 5.29. The molecule has 0 saturated heterocycles. The highest BCUT2D eigenvalue weighted by atomic mass is 15.4. The van der Waals surface area contributed by atoms with Crippen LogP contribution in [0.4, 0.5) is 0 Å². The van der Waals surface area contributed by atoms with Crippen LogP contribution in [0.5, 0.6) is 0 Å². The third-order valence-electron chi connectivity index (χ3n) is 4.52. The van der Waals surface area contributed by atoms with E-state index < -0.39 is 0 Å². The second kappa shape index (κ2) is 6.76. The van der Waals surface area contributed by atoms with Gasteiger partial charge in [0.1, 0.15) is 5.82 Å². The fraction of sp³-hybridized carbons (Fsp3) is 0.444. The van der Waals surface area contributed by atoms with E-state index in [1.807, 2.05) is 41.2 Å². The number of benzene rings is 1. The maximum atomic E-state index is 4.64. The Morgan fingerprint density at radius 1 is 1.24 bits per heavy atom. The van der Waals surface area contributed by atoms with Gasteiger partial charge in [0, 0.05) is 24.9 Å². The number of hydrogen-bond donors (Lipinski definition) is 1. The molecule has 0 spiro atoms. The van der Waals surface area contributed by atoms with E-state index in [0.717, 1.165) is 42.4 Å². The molecule has 0 bridgehead atoms. The number of rotatable bonds is 5. The summed E-state index contributed by atoms with van der Waals surface area (Å²) < 4.78 is 3.86. The first-order valence-corrected chi connectivity index (χ1v) is 8.82. The highest BCUT2D eigenvalue weighted by Crippen LogP contribution is 2.17. The van der Waals surface area contributed by atoms with Crippen LogP contribution < -0.4 is 5.32 Å². The largest absolute Gasteiger partial charge is 0.306 e. The molecule has 7 heteroatoms. The molecule has 1 aliphatic rings. The molecule has 0 fully saturated rings. The Morgan fingerprint density at radius 2 is 2.08 bits per heavy atom. The maximum absolute atomic E-state index is 4.64. The molecular formula is C18H23N7. The molecule has 0 radical (unpaired) electrons. The number of nitrogens with zero attached hydrogens (tertiary/aromatic N) is 6. The SMILES string of the molecule is CC(C)c1nc2n(n1)C[C@@H](NCc1cn(-c3ccccc3)nn1)CC2. The molecule has 4 rings (SSSR count). The summed E-state index contributed by atoms with van der Waals surface area (Å²) in [5.41, 5.74) is 1.96. The van der Waals surface area contributed by atoms with Crippen molar-refractivity contribution in [2.45, 2.75) is 51.7 Å². The lowest BCUT2D eigenvalue weighted by Crippen LogP contribution is -2.37. The van der Waals surface area contributed by atoms with Crippen molar-refractivity contribution in [2.75, 3.05) is 0 Å². The smallest absolute Gasteiger partial charge is 0.153 e. The molecule has 130 valence electrons. The molecule has 1 aromatic carbocycles. The van der Waals surface area contributed by atoms with Gasteiger partial charge in [-0.25, -0.2) is 14.3 Å². The fourth-order valence-electron chi connectivity index (χ4n) is 3.07. The van der Waals surface area contributed by atoms with E-state index in [1.54, 1.807) is 0 Å². The van der Waals surface area contributed by atoms with Gasteiger partial charge in [-0.2, -0.15) is 5.10 Å². The molecule has 3 heterocycles. The van der Waals surface area contributed by atoms with Crippen molar-refractivity contribution in [1.29, 1.82) is 0 Å². The summed E-state index contributed by atoms with van der Waals surface area (Å²) in [6, 6.07) is 10.4. The zero-order valence-electron chi connectivity index (χ0n) is 14.6. The van der Waals surface area contributed by atoms with Crippen LogP contribution >= 0.6 is 0 Å². The van der Waals surface area contributed by atoms with Crippen molar-refractivity contribution >= 4 is 0 Å². The lowest BCUT2D eigenvalue weighted by Gasteiger charge is -2.23. The number of nitrogens with one attached hydrogen (secondary N) is 1. The van der Waals surface area contributed by atoms with Gasteiger partial charge < -0.3 is 5.32 Å². The number of para-hydroxylation sites is 1. The van der Waals surface area contributed by atoms with E-state index in [0.29, 0.717) is 18.5 Å². The van der Waals surface area contributed by atoms with Crippen LogP contribution in [0.1, 0.15) is 43.5 Å². The minimum Gasteiger partial charge on any atom is -0.306 e. The zero-order chi connectivity index (χ0) is 17.2. The Hall–Kier alpha value is -2.54. The highest BCUT2D eigenvalue weighted by Gasteiger charge is 2.22. The Labute approximate surface area is 147 Å². The van der Waals surface area contributed by atoms with Gasteiger partial charge in [0.15, 0.2) is 5.82 Å². The summed E-state index contributed by atoms with van der Waals surface area (Å²) in [5.74, 6) is 2.43. The van der Waals surface area contributed by atoms with Crippen LogP contribution in [0, 0.1) is 0 Å². The molecule has 1 atom stereocenters. The van der Waals surface area contributed by atoms with E-state index in [1.165, 1.54) is 0 Å². The lowest BCUT2D eigenvalue weighted by atomic mass is 10.1. The molecule has 7 nitrogen and oxygen atoms in total. The summed E-state index contributed by atoms with van der Waals surface area (Å²) in [6.45, 7) is 5.83. The Morgan fingerprint density at radius 3 is 2.88 bits per heavy atom. The molecule has 1 aliphatic heterocycles. The van der Waals surface area contributed by atoms with Crippen LogP contribution in [0.3, 0.4) is 0 Å². The normalized spacial score (nSPS) is 17.0. The van der Waals surface area contributed by atoms with E-state index in [2.05, 4.69) is 44.2 Å². The summed E-state index contributed by atoms with van der Waals surface area (Å²) in [5, 5.41) is 16.7. The van der Waals surface area contributed by atoms with Crippen molar-refractivity contribution in [3.8, 4) is 5.69 Å². The van der Waals surface area contributed by atoms with Gasteiger partial charge in [0.05, 0.1) is 24.1 Å². The number of aryl methyl sites for hydroxylation is 1. The van der Waals surface area contributed by atoms with Gasteiger partial charge in [-0.15, -0.1) is 5.10 Å². The molecule has 0 amide bonds. The first kappa shape index (κ1) is 16.0. The van der Waals surface area contributed by atoms with Crippen LogP contribution in [0.15, 0.2) is 36.5 Å². The predicted molar refractivity (Wildman–Crippen MR) is 94.4 cm³/mol. The quantitative estimate of drug-likeness (QED) is 0.772. The predicted octanol–water partition coefficient (Wildman–Crippen LogP) is 2.09. The molecular weight excluding hydrogens is 314 g/mol. The average molecular weight is 337 g/mol. The van der Waals surface area contributed by atoms with Gasteiger partial charge in [0.2, 0.25) is 0 Å². The molecule has 1 N–H and O–H groups in total. The Balaban J connectivity index is 1.37. The van der Waals surface area contributed by atoms with Crippen molar-refractivity contribution < 1.29 is 0 Å². The van der Waals surface area contributed by atoms with Crippen LogP contribution in [0.25, 0.3) is 5.69 Å². The van der Waals surface area contributed by atoms with E-state index >= 15 is 0 Å². The molecule has 25 heavy (non-hydrogen) atoms. The summed E-state index contributed by atoms with van der Waals surface area (Å²) >= 11 is 0. The second-order valence-electron chi connectivity index (χ2n) is 6.83. The van der Waals surface area contributed by atoms with E-state index in [4.69, 9.17) is 0 Å². The monoisotopic (exact) mass is 337 g/mol. The first-order valence-electron chi connectivity index (χ1n) is 8.82. The van der Waals surface area contributed by atoms with Crippen molar-refractivity contribution in [1.82, 2.24) is 35.1 Å². The van der Waals surface area contributed by atoms with Gasteiger partial charge >= 0.3 is 0 Å². The Bertz CT molecular complexity index is 834. The number of aromatic nitrogens is 6. The van der Waals surface area contributed by atoms with Crippen molar-refractivity contribution in [2.24, 2.45) is 0 Å². The fourth-order valence-corrected chi connectivity index (χ4v) is 3.07. The summed E-state index contributed by atoms with van der Waals surface area (Å²) in [7, 11) is 0. The van der Waals surface area contributed by atoms with Gasteiger partial charge in [-0.1, -0.05) is 37.3 Å². The topological polar surface area (TPSA) is 73.5 Å². The molecule has 0 aliphatic carbocycles. The maximum Gasteiger partial charge on any atom is 0.153 e. The Kier molecular flexibility index (Phi) is 4.31. The number of hydrogen-bond acceptors (Lipinski definition) is 5. The molecule has 2 aromatic heterocycles. The minimum absolute atomic E-state index is 0.373. The first-order chi connectivity index (χ1) is 12.2.